The SMILES string of the molecule is CCN(C1CCN(Cc2ccccc2)CC1)C1CNC1. The first kappa shape index (κ1) is 14.1. The van der Waals surface area contributed by atoms with Gasteiger partial charge in [0.25, 0.3) is 0 Å². The lowest BCUT2D eigenvalue weighted by atomic mass is 9.98. The number of rotatable bonds is 5. The van der Waals surface area contributed by atoms with Gasteiger partial charge in [-0.05, 0) is 38.0 Å². The maximum Gasteiger partial charge on any atom is 0.0348 e. The second kappa shape index (κ2) is 6.70. The number of likely N-dealkylation sites (tertiary alicyclic amines) is 1. The van der Waals surface area contributed by atoms with E-state index in [1.54, 1.807) is 0 Å². The molecule has 0 aliphatic carbocycles. The highest BCUT2D eigenvalue weighted by molar-refractivity contribution is 5.14. The summed E-state index contributed by atoms with van der Waals surface area (Å²) in [5.74, 6) is 0. The molecular weight excluding hydrogens is 246 g/mol. The smallest absolute Gasteiger partial charge is 0.0348 e. The third-order valence-electron chi connectivity index (χ3n) is 4.87. The Morgan fingerprint density at radius 3 is 2.35 bits per heavy atom. The van der Waals surface area contributed by atoms with Crippen molar-refractivity contribution in [1.29, 1.82) is 0 Å². The van der Waals surface area contributed by atoms with Gasteiger partial charge in [0.1, 0.15) is 0 Å². The second-order valence-corrected chi connectivity index (χ2v) is 6.14. The predicted molar refractivity (Wildman–Crippen MR) is 83.8 cm³/mol. The van der Waals surface area contributed by atoms with Gasteiger partial charge in [-0.1, -0.05) is 37.3 Å². The van der Waals surface area contributed by atoms with Gasteiger partial charge in [0.2, 0.25) is 0 Å². The Morgan fingerprint density at radius 2 is 1.80 bits per heavy atom. The zero-order valence-corrected chi connectivity index (χ0v) is 12.6. The molecule has 0 spiro atoms. The predicted octanol–water partition coefficient (Wildman–Crippen LogP) is 1.94. The quantitative estimate of drug-likeness (QED) is 0.884. The molecule has 0 saturated carbocycles. The van der Waals surface area contributed by atoms with Crippen LogP contribution < -0.4 is 5.32 Å². The molecule has 3 rings (SSSR count). The summed E-state index contributed by atoms with van der Waals surface area (Å²) in [6, 6.07) is 12.5. The Balaban J connectivity index is 1.49. The first-order valence-corrected chi connectivity index (χ1v) is 8.09. The van der Waals surface area contributed by atoms with E-state index in [4.69, 9.17) is 0 Å². The van der Waals surface area contributed by atoms with Crippen molar-refractivity contribution < 1.29 is 0 Å². The van der Waals surface area contributed by atoms with Crippen LogP contribution in [0.1, 0.15) is 25.3 Å². The molecule has 0 atom stereocenters. The minimum atomic E-state index is 0.797. The summed E-state index contributed by atoms with van der Waals surface area (Å²) >= 11 is 0. The fraction of sp³-hybridized carbons (Fsp3) is 0.647. The van der Waals surface area contributed by atoms with Crippen molar-refractivity contribution in [3.63, 3.8) is 0 Å². The van der Waals surface area contributed by atoms with Crippen LogP contribution in [-0.4, -0.2) is 54.6 Å². The maximum atomic E-state index is 3.40. The van der Waals surface area contributed by atoms with E-state index < -0.39 is 0 Å². The normalized spacial score (nSPS) is 22.1. The zero-order valence-electron chi connectivity index (χ0n) is 12.6. The third kappa shape index (κ3) is 3.22. The minimum Gasteiger partial charge on any atom is -0.314 e. The van der Waals surface area contributed by atoms with E-state index in [0.29, 0.717) is 0 Å². The van der Waals surface area contributed by atoms with E-state index in [1.807, 2.05) is 0 Å². The Labute approximate surface area is 123 Å². The van der Waals surface area contributed by atoms with Gasteiger partial charge in [0.05, 0.1) is 0 Å². The van der Waals surface area contributed by atoms with Gasteiger partial charge in [-0.3, -0.25) is 9.80 Å². The Morgan fingerprint density at radius 1 is 1.10 bits per heavy atom. The largest absolute Gasteiger partial charge is 0.314 e. The molecule has 0 aromatic heterocycles. The molecule has 0 bridgehead atoms. The molecule has 110 valence electrons. The summed E-state index contributed by atoms with van der Waals surface area (Å²) in [4.78, 5) is 5.34. The van der Waals surface area contributed by atoms with Gasteiger partial charge < -0.3 is 5.32 Å². The molecule has 20 heavy (non-hydrogen) atoms. The number of piperidine rings is 1. The van der Waals surface area contributed by atoms with Crippen molar-refractivity contribution in [2.24, 2.45) is 0 Å². The average molecular weight is 273 g/mol. The van der Waals surface area contributed by atoms with Crippen molar-refractivity contribution in [2.75, 3.05) is 32.7 Å². The first-order valence-electron chi connectivity index (χ1n) is 8.09. The molecule has 0 radical (unpaired) electrons. The highest BCUT2D eigenvalue weighted by Crippen LogP contribution is 2.21. The summed E-state index contributed by atoms with van der Waals surface area (Å²) in [6.07, 6.45) is 2.66. The molecule has 2 aliphatic rings. The fourth-order valence-corrected chi connectivity index (χ4v) is 3.57. The van der Waals surface area contributed by atoms with Crippen molar-refractivity contribution in [3.8, 4) is 0 Å². The van der Waals surface area contributed by atoms with Crippen LogP contribution in [0.15, 0.2) is 30.3 Å². The van der Waals surface area contributed by atoms with Crippen LogP contribution >= 0.6 is 0 Å². The van der Waals surface area contributed by atoms with Gasteiger partial charge in [-0.25, -0.2) is 0 Å². The van der Waals surface area contributed by atoms with E-state index in [0.717, 1.165) is 18.6 Å². The number of hydrogen-bond acceptors (Lipinski definition) is 3. The van der Waals surface area contributed by atoms with Crippen molar-refractivity contribution in [1.82, 2.24) is 15.1 Å². The lowest BCUT2D eigenvalue weighted by Gasteiger charge is -2.45. The van der Waals surface area contributed by atoms with Crippen LogP contribution in [0.25, 0.3) is 0 Å². The Bertz CT molecular complexity index is 394. The molecule has 1 N–H and O–H groups in total. The lowest BCUT2D eigenvalue weighted by Crippen LogP contribution is -2.61. The van der Waals surface area contributed by atoms with Gasteiger partial charge in [0.15, 0.2) is 0 Å². The molecule has 2 fully saturated rings. The summed E-state index contributed by atoms with van der Waals surface area (Å²) in [6.45, 7) is 9.51. The number of hydrogen-bond donors (Lipinski definition) is 1. The van der Waals surface area contributed by atoms with Gasteiger partial charge in [-0.15, -0.1) is 0 Å². The zero-order chi connectivity index (χ0) is 13.8. The van der Waals surface area contributed by atoms with E-state index >= 15 is 0 Å². The summed E-state index contributed by atoms with van der Waals surface area (Å²) < 4.78 is 0. The maximum absolute atomic E-state index is 3.40. The van der Waals surface area contributed by atoms with E-state index in [2.05, 4.69) is 52.4 Å². The lowest BCUT2D eigenvalue weighted by molar-refractivity contribution is 0.0541. The van der Waals surface area contributed by atoms with Crippen molar-refractivity contribution in [3.05, 3.63) is 35.9 Å². The Hall–Kier alpha value is -0.900. The van der Waals surface area contributed by atoms with Gasteiger partial charge >= 0.3 is 0 Å². The van der Waals surface area contributed by atoms with E-state index in [9.17, 15) is 0 Å². The monoisotopic (exact) mass is 273 g/mol. The fourth-order valence-electron chi connectivity index (χ4n) is 3.57. The number of nitrogens with zero attached hydrogens (tertiary/aromatic N) is 2. The van der Waals surface area contributed by atoms with Crippen LogP contribution in [0.2, 0.25) is 0 Å². The molecular formula is C17H27N3. The number of likely N-dealkylation sites (N-methyl/N-ethyl adjacent to an activating group) is 1. The molecule has 3 heteroatoms. The molecule has 2 saturated heterocycles. The summed E-state index contributed by atoms with van der Waals surface area (Å²) in [7, 11) is 0. The number of benzene rings is 1. The van der Waals surface area contributed by atoms with E-state index in [-0.39, 0.29) is 0 Å². The third-order valence-corrected chi connectivity index (χ3v) is 4.87. The molecule has 3 nitrogen and oxygen atoms in total. The second-order valence-electron chi connectivity index (χ2n) is 6.14. The van der Waals surface area contributed by atoms with Crippen LogP contribution in [0.3, 0.4) is 0 Å². The standard InChI is InChI=1S/C17H27N3/c1-2-20(17-12-18-13-17)16-8-10-19(11-9-16)14-15-6-4-3-5-7-15/h3-7,16-18H,2,8-14H2,1H3. The molecule has 2 heterocycles. The Kier molecular flexibility index (Phi) is 4.71. The van der Waals surface area contributed by atoms with Crippen LogP contribution in [0.5, 0.6) is 0 Å². The van der Waals surface area contributed by atoms with Crippen LogP contribution in [0, 0.1) is 0 Å². The molecule has 2 aliphatic heterocycles. The summed E-state index contributed by atoms with van der Waals surface area (Å²) in [5.41, 5.74) is 1.45. The molecule has 0 amide bonds. The minimum absolute atomic E-state index is 0.797. The van der Waals surface area contributed by atoms with E-state index in [1.165, 1.54) is 51.1 Å². The number of nitrogens with one attached hydrogen (secondary N) is 1. The van der Waals surface area contributed by atoms with Crippen LogP contribution in [-0.2, 0) is 6.54 Å². The van der Waals surface area contributed by atoms with Crippen molar-refractivity contribution in [2.45, 2.75) is 38.4 Å². The average Bonchev–Trinajstić information content (AvgIpc) is 2.45. The van der Waals surface area contributed by atoms with Gasteiger partial charge in [0, 0.05) is 31.7 Å². The molecule has 0 unspecified atom stereocenters. The van der Waals surface area contributed by atoms with Crippen molar-refractivity contribution >= 4 is 0 Å². The molecule has 1 aromatic carbocycles. The highest BCUT2D eigenvalue weighted by atomic mass is 15.3. The van der Waals surface area contributed by atoms with Crippen LogP contribution in [0.4, 0.5) is 0 Å². The summed E-state index contributed by atoms with van der Waals surface area (Å²) in [5, 5.41) is 3.40. The topological polar surface area (TPSA) is 18.5 Å². The van der Waals surface area contributed by atoms with Gasteiger partial charge in [-0.2, -0.15) is 0 Å². The molecule has 1 aromatic rings. The first-order chi connectivity index (χ1) is 9.86. The highest BCUT2D eigenvalue weighted by Gasteiger charge is 2.31.